The Morgan fingerprint density at radius 2 is 1.85 bits per heavy atom. The average molecular weight is 363 g/mol. The van der Waals surface area contributed by atoms with Crippen molar-refractivity contribution >= 4 is 5.91 Å². The largest absolute Gasteiger partial charge is 0.373 e. The van der Waals surface area contributed by atoms with Crippen molar-refractivity contribution in [2.24, 2.45) is 5.92 Å². The molecule has 0 saturated carbocycles. The Hall–Kier alpha value is -3.06. The van der Waals surface area contributed by atoms with Crippen molar-refractivity contribution in [1.82, 2.24) is 25.5 Å². The van der Waals surface area contributed by atoms with E-state index in [1.807, 2.05) is 48.5 Å². The number of benzene rings is 2. The quantitative estimate of drug-likeness (QED) is 0.726. The van der Waals surface area contributed by atoms with Crippen LogP contribution in [0.25, 0.3) is 11.4 Å². The van der Waals surface area contributed by atoms with Crippen LogP contribution in [0.4, 0.5) is 0 Å². The molecule has 4 rings (SSSR count). The molecular formula is C20H21N5O2. The van der Waals surface area contributed by atoms with Crippen LogP contribution in [0.2, 0.25) is 0 Å². The molecule has 0 radical (unpaired) electrons. The molecule has 2 heterocycles. The molecule has 1 fully saturated rings. The average Bonchev–Trinajstić information content (AvgIpc) is 3.37. The highest BCUT2D eigenvalue weighted by molar-refractivity contribution is 5.75. The van der Waals surface area contributed by atoms with Crippen molar-refractivity contribution in [3.63, 3.8) is 0 Å². The number of nitrogens with zero attached hydrogens (tertiary/aromatic N) is 4. The highest BCUT2D eigenvalue weighted by Crippen LogP contribution is 2.33. The lowest BCUT2D eigenvalue weighted by Crippen LogP contribution is -2.33. The van der Waals surface area contributed by atoms with Crippen LogP contribution in [0.1, 0.15) is 18.1 Å². The number of rotatable bonds is 6. The number of ether oxygens (including phenoxy) is 1. The fourth-order valence-electron chi connectivity index (χ4n) is 3.30. The molecule has 2 atom stereocenters. The fraction of sp³-hybridized carbons (Fsp3) is 0.300. The van der Waals surface area contributed by atoms with E-state index in [4.69, 9.17) is 4.74 Å². The number of carbonyl (C=O) groups is 1. The van der Waals surface area contributed by atoms with Gasteiger partial charge in [-0.15, -0.1) is 10.2 Å². The highest BCUT2D eigenvalue weighted by Gasteiger charge is 2.29. The molecule has 2 aromatic carbocycles. The first-order valence-corrected chi connectivity index (χ1v) is 9.06. The smallest absolute Gasteiger partial charge is 0.243 e. The summed E-state index contributed by atoms with van der Waals surface area (Å²) in [7, 11) is 0. The van der Waals surface area contributed by atoms with E-state index in [-0.39, 0.29) is 24.5 Å². The number of tetrazole rings is 1. The molecule has 1 aromatic heterocycles. The number of hydrogen-bond donors (Lipinski definition) is 1. The van der Waals surface area contributed by atoms with E-state index in [2.05, 4.69) is 32.9 Å². The second kappa shape index (κ2) is 8.09. The molecular weight excluding hydrogens is 342 g/mol. The van der Waals surface area contributed by atoms with Gasteiger partial charge in [-0.1, -0.05) is 60.7 Å². The zero-order valence-corrected chi connectivity index (χ0v) is 14.9. The molecule has 3 aromatic rings. The number of carbonyl (C=O) groups excluding carboxylic acids is 1. The zero-order valence-electron chi connectivity index (χ0n) is 14.9. The number of nitrogens with one attached hydrogen (secondary N) is 1. The second-order valence-electron chi connectivity index (χ2n) is 6.56. The standard InChI is InChI=1S/C20H21N5O2/c26-18(14-25-23-20(22-24-25)16-9-5-2-6-10-16)21-13-17-11-12-27-19(17)15-7-3-1-4-8-15/h1-10,17,19H,11-14H2,(H,21,26)/t17-,19-/m0/s1. The van der Waals surface area contributed by atoms with Gasteiger partial charge in [0.25, 0.3) is 0 Å². The molecule has 0 spiro atoms. The Balaban J connectivity index is 1.32. The lowest BCUT2D eigenvalue weighted by molar-refractivity contribution is -0.122. The van der Waals surface area contributed by atoms with Gasteiger partial charge in [-0.3, -0.25) is 4.79 Å². The van der Waals surface area contributed by atoms with E-state index in [0.29, 0.717) is 19.0 Å². The summed E-state index contributed by atoms with van der Waals surface area (Å²) in [6.45, 7) is 1.33. The van der Waals surface area contributed by atoms with Crippen LogP contribution < -0.4 is 5.32 Å². The third kappa shape index (κ3) is 4.20. The van der Waals surface area contributed by atoms with Crippen LogP contribution >= 0.6 is 0 Å². The van der Waals surface area contributed by atoms with Crippen LogP contribution in [0.5, 0.6) is 0 Å². The summed E-state index contributed by atoms with van der Waals surface area (Å²) in [5, 5.41) is 15.2. The number of aromatic nitrogens is 4. The van der Waals surface area contributed by atoms with Gasteiger partial charge >= 0.3 is 0 Å². The van der Waals surface area contributed by atoms with Crippen molar-refractivity contribution in [1.29, 1.82) is 0 Å². The Bertz CT molecular complexity index is 882. The Morgan fingerprint density at radius 1 is 1.11 bits per heavy atom. The topological polar surface area (TPSA) is 81.9 Å². The third-order valence-electron chi connectivity index (χ3n) is 4.67. The van der Waals surface area contributed by atoms with Gasteiger partial charge in [-0.2, -0.15) is 4.80 Å². The predicted octanol–water partition coefficient (Wildman–Crippen LogP) is 2.23. The molecule has 27 heavy (non-hydrogen) atoms. The van der Waals surface area contributed by atoms with Gasteiger partial charge in [0.05, 0.1) is 6.10 Å². The Kier molecular flexibility index (Phi) is 5.20. The Morgan fingerprint density at radius 3 is 2.63 bits per heavy atom. The van der Waals surface area contributed by atoms with Crippen molar-refractivity contribution in [2.45, 2.75) is 19.1 Å². The van der Waals surface area contributed by atoms with Crippen LogP contribution in [0.15, 0.2) is 60.7 Å². The minimum absolute atomic E-state index is 0.0284. The molecule has 1 N–H and O–H groups in total. The van der Waals surface area contributed by atoms with E-state index in [0.717, 1.165) is 17.5 Å². The summed E-state index contributed by atoms with van der Waals surface area (Å²) >= 11 is 0. The first-order chi connectivity index (χ1) is 13.3. The number of hydrogen-bond acceptors (Lipinski definition) is 5. The van der Waals surface area contributed by atoms with Crippen LogP contribution in [0, 0.1) is 5.92 Å². The van der Waals surface area contributed by atoms with Gasteiger partial charge in [0.1, 0.15) is 6.54 Å². The van der Waals surface area contributed by atoms with E-state index in [9.17, 15) is 4.79 Å². The van der Waals surface area contributed by atoms with Crippen LogP contribution in [-0.4, -0.2) is 39.3 Å². The molecule has 1 saturated heterocycles. The zero-order chi connectivity index (χ0) is 18.5. The van der Waals surface area contributed by atoms with Crippen molar-refractivity contribution in [3.05, 3.63) is 66.2 Å². The molecule has 7 nitrogen and oxygen atoms in total. The Labute approximate surface area is 157 Å². The van der Waals surface area contributed by atoms with Gasteiger partial charge in [0.2, 0.25) is 11.7 Å². The fourth-order valence-corrected chi connectivity index (χ4v) is 3.30. The van der Waals surface area contributed by atoms with Gasteiger partial charge in [-0.05, 0) is 17.2 Å². The van der Waals surface area contributed by atoms with E-state index in [1.165, 1.54) is 4.80 Å². The van der Waals surface area contributed by atoms with E-state index < -0.39 is 0 Å². The molecule has 1 aliphatic heterocycles. The minimum atomic E-state index is -0.134. The molecule has 0 bridgehead atoms. The molecule has 0 unspecified atom stereocenters. The third-order valence-corrected chi connectivity index (χ3v) is 4.67. The second-order valence-corrected chi connectivity index (χ2v) is 6.56. The van der Waals surface area contributed by atoms with Gasteiger partial charge in [-0.25, -0.2) is 0 Å². The van der Waals surface area contributed by atoms with Gasteiger partial charge in [0.15, 0.2) is 0 Å². The van der Waals surface area contributed by atoms with Crippen molar-refractivity contribution < 1.29 is 9.53 Å². The number of amides is 1. The summed E-state index contributed by atoms with van der Waals surface area (Å²) in [5.74, 6) is 0.641. The van der Waals surface area contributed by atoms with Crippen LogP contribution in [0.3, 0.4) is 0 Å². The molecule has 1 aliphatic rings. The molecule has 1 amide bonds. The van der Waals surface area contributed by atoms with Crippen LogP contribution in [-0.2, 0) is 16.1 Å². The highest BCUT2D eigenvalue weighted by atomic mass is 16.5. The summed E-state index contributed by atoms with van der Waals surface area (Å²) in [6.07, 6.45) is 0.959. The summed E-state index contributed by atoms with van der Waals surface area (Å²) < 4.78 is 5.86. The molecule has 0 aliphatic carbocycles. The predicted molar refractivity (Wildman–Crippen MR) is 99.5 cm³/mol. The molecule has 138 valence electrons. The monoisotopic (exact) mass is 363 g/mol. The summed E-state index contributed by atoms with van der Waals surface area (Å²) in [5.41, 5.74) is 2.03. The normalized spacial score (nSPS) is 19.1. The molecule has 7 heteroatoms. The first-order valence-electron chi connectivity index (χ1n) is 9.06. The maximum Gasteiger partial charge on any atom is 0.243 e. The van der Waals surface area contributed by atoms with E-state index in [1.54, 1.807) is 0 Å². The van der Waals surface area contributed by atoms with Gasteiger partial charge < -0.3 is 10.1 Å². The maximum absolute atomic E-state index is 12.3. The van der Waals surface area contributed by atoms with Crippen molar-refractivity contribution in [2.75, 3.05) is 13.2 Å². The maximum atomic E-state index is 12.3. The first kappa shape index (κ1) is 17.4. The van der Waals surface area contributed by atoms with E-state index >= 15 is 0 Å². The van der Waals surface area contributed by atoms with Gasteiger partial charge in [0, 0.05) is 24.6 Å². The SMILES string of the molecule is O=C(Cn1nnc(-c2ccccc2)n1)NC[C@@H]1CCO[C@H]1c1ccccc1. The lowest BCUT2D eigenvalue weighted by Gasteiger charge is -2.19. The van der Waals surface area contributed by atoms with Crippen molar-refractivity contribution in [3.8, 4) is 11.4 Å². The minimum Gasteiger partial charge on any atom is -0.373 e. The summed E-state index contributed by atoms with van der Waals surface area (Å²) in [4.78, 5) is 13.6. The summed E-state index contributed by atoms with van der Waals surface area (Å²) in [6, 6.07) is 19.7. The lowest BCUT2D eigenvalue weighted by atomic mass is 9.95.